The summed E-state index contributed by atoms with van der Waals surface area (Å²) in [7, 11) is 1.57. The second-order valence-electron chi connectivity index (χ2n) is 6.78. The van der Waals surface area contributed by atoms with Gasteiger partial charge in [-0.15, -0.1) is 0 Å². The highest BCUT2D eigenvalue weighted by atomic mass is 19.1. The van der Waals surface area contributed by atoms with Crippen molar-refractivity contribution in [1.82, 2.24) is 15.1 Å². The lowest BCUT2D eigenvalue weighted by molar-refractivity contribution is -0.127. The molecule has 7 nitrogen and oxygen atoms in total. The molecule has 2 N–H and O–H groups in total. The molecule has 2 aromatic rings. The second-order valence-corrected chi connectivity index (χ2v) is 6.78. The van der Waals surface area contributed by atoms with Crippen LogP contribution >= 0.6 is 0 Å². The number of anilines is 1. The van der Waals surface area contributed by atoms with E-state index in [0.29, 0.717) is 37.4 Å². The number of nitrogens with one attached hydrogen (secondary N) is 2. The van der Waals surface area contributed by atoms with Crippen LogP contribution in [0.3, 0.4) is 0 Å². The van der Waals surface area contributed by atoms with E-state index < -0.39 is 0 Å². The number of nitrogens with zero attached hydrogens (tertiary/aromatic N) is 2. The minimum atomic E-state index is -0.365. The number of hydrogen-bond acceptors (Lipinski definition) is 3. The number of rotatable bonds is 4. The molecule has 0 atom stereocenters. The summed E-state index contributed by atoms with van der Waals surface area (Å²) in [6.45, 7) is 1.67. The molecule has 1 aliphatic rings. The summed E-state index contributed by atoms with van der Waals surface area (Å²) in [5, 5.41) is 5.28. The van der Waals surface area contributed by atoms with Crippen LogP contribution in [-0.4, -0.2) is 60.9 Å². The second kappa shape index (κ2) is 9.69. The fourth-order valence-corrected chi connectivity index (χ4v) is 3.03. The first kappa shape index (κ1) is 21.0. The van der Waals surface area contributed by atoms with Crippen LogP contribution < -0.4 is 10.6 Å². The van der Waals surface area contributed by atoms with Crippen LogP contribution in [0.4, 0.5) is 14.9 Å². The van der Waals surface area contributed by atoms with E-state index >= 15 is 0 Å². The molecule has 1 heterocycles. The molecule has 3 rings (SSSR count). The van der Waals surface area contributed by atoms with E-state index in [9.17, 15) is 18.8 Å². The summed E-state index contributed by atoms with van der Waals surface area (Å²) < 4.78 is 13.0. The Balaban J connectivity index is 1.48. The van der Waals surface area contributed by atoms with E-state index in [-0.39, 0.29) is 23.7 Å². The van der Waals surface area contributed by atoms with Crippen molar-refractivity contribution in [2.24, 2.45) is 0 Å². The Bertz CT molecular complexity index is 934. The molecule has 0 aromatic heterocycles. The molecule has 1 aliphatic heterocycles. The van der Waals surface area contributed by atoms with Crippen molar-refractivity contribution >= 4 is 29.6 Å². The van der Waals surface area contributed by atoms with Gasteiger partial charge in [0, 0.05) is 50.6 Å². The van der Waals surface area contributed by atoms with E-state index in [0.717, 1.165) is 5.56 Å². The zero-order chi connectivity index (χ0) is 21.5. The zero-order valence-corrected chi connectivity index (χ0v) is 16.6. The van der Waals surface area contributed by atoms with Crippen molar-refractivity contribution in [3.63, 3.8) is 0 Å². The number of carbonyl (C=O) groups excluding carboxylic acids is 3. The van der Waals surface area contributed by atoms with Gasteiger partial charge in [0.15, 0.2) is 0 Å². The summed E-state index contributed by atoms with van der Waals surface area (Å²) in [6, 6.07) is 12.2. The molecule has 0 radical (unpaired) electrons. The average molecular weight is 410 g/mol. The lowest BCUT2D eigenvalue weighted by Crippen LogP contribution is -2.51. The van der Waals surface area contributed by atoms with Crippen LogP contribution in [0.2, 0.25) is 0 Å². The number of urea groups is 1. The van der Waals surface area contributed by atoms with Gasteiger partial charge in [0.25, 0.3) is 5.91 Å². The Hall–Kier alpha value is -3.68. The van der Waals surface area contributed by atoms with E-state index in [4.69, 9.17) is 0 Å². The molecule has 0 bridgehead atoms. The quantitative estimate of drug-likeness (QED) is 0.761. The summed E-state index contributed by atoms with van der Waals surface area (Å²) in [6.07, 6.45) is 3.19. The smallest absolute Gasteiger partial charge is 0.321 e. The first-order chi connectivity index (χ1) is 14.5. The number of benzene rings is 2. The van der Waals surface area contributed by atoms with Gasteiger partial charge >= 0.3 is 6.03 Å². The highest BCUT2D eigenvalue weighted by molar-refractivity contribution is 5.95. The molecule has 8 heteroatoms. The maximum atomic E-state index is 13.0. The molecule has 4 amide bonds. The fraction of sp³-hybridized carbons (Fsp3) is 0.227. The summed E-state index contributed by atoms with van der Waals surface area (Å²) in [5.41, 5.74) is 1.88. The Morgan fingerprint density at radius 1 is 0.900 bits per heavy atom. The first-order valence-corrected chi connectivity index (χ1v) is 9.57. The lowest BCUT2D eigenvalue weighted by atomic mass is 10.1. The molecule has 0 saturated carbocycles. The van der Waals surface area contributed by atoms with Crippen LogP contribution in [-0.2, 0) is 4.79 Å². The Kier molecular flexibility index (Phi) is 6.79. The maximum Gasteiger partial charge on any atom is 0.321 e. The maximum absolute atomic E-state index is 13.0. The molecular formula is C22H23FN4O3. The number of piperazine rings is 1. The molecule has 0 unspecified atom stereocenters. The Morgan fingerprint density at radius 2 is 1.50 bits per heavy atom. The molecule has 2 aromatic carbocycles. The van der Waals surface area contributed by atoms with E-state index in [1.807, 2.05) is 0 Å². The fourth-order valence-electron chi connectivity index (χ4n) is 3.03. The van der Waals surface area contributed by atoms with Gasteiger partial charge < -0.3 is 20.4 Å². The minimum Gasteiger partial charge on any atom is -0.355 e. The largest absolute Gasteiger partial charge is 0.355 e. The van der Waals surface area contributed by atoms with Crippen LogP contribution in [0.25, 0.3) is 6.08 Å². The minimum absolute atomic E-state index is 0.135. The lowest BCUT2D eigenvalue weighted by Gasteiger charge is -2.34. The summed E-state index contributed by atoms with van der Waals surface area (Å²) >= 11 is 0. The molecule has 0 spiro atoms. The van der Waals surface area contributed by atoms with Crippen LogP contribution in [0, 0.1) is 5.82 Å². The van der Waals surface area contributed by atoms with Crippen molar-refractivity contribution in [2.75, 3.05) is 38.5 Å². The van der Waals surface area contributed by atoms with Crippen molar-refractivity contribution in [3.8, 4) is 0 Å². The van der Waals surface area contributed by atoms with Crippen molar-refractivity contribution in [3.05, 3.63) is 71.6 Å². The summed E-state index contributed by atoms with van der Waals surface area (Å²) in [5.74, 6) is -0.664. The van der Waals surface area contributed by atoms with Crippen LogP contribution in [0.1, 0.15) is 15.9 Å². The SMILES string of the molecule is CNC(=O)c1ccc(/C=C/C(=O)N2CCN(C(=O)Nc3ccc(F)cc3)CC2)cc1. The third kappa shape index (κ3) is 5.44. The van der Waals surface area contributed by atoms with Gasteiger partial charge in [0.2, 0.25) is 5.91 Å². The standard InChI is InChI=1S/C22H23FN4O3/c1-24-21(29)17-5-2-16(3-6-17)4-11-20(28)26-12-14-27(15-13-26)22(30)25-19-9-7-18(23)8-10-19/h2-11H,12-15H2,1H3,(H,24,29)(H,25,30)/b11-4+. The van der Waals surface area contributed by atoms with Gasteiger partial charge in [0.1, 0.15) is 5.82 Å². The molecule has 30 heavy (non-hydrogen) atoms. The summed E-state index contributed by atoms with van der Waals surface area (Å²) in [4.78, 5) is 39.6. The van der Waals surface area contributed by atoms with Crippen molar-refractivity contribution in [2.45, 2.75) is 0 Å². The first-order valence-electron chi connectivity index (χ1n) is 9.57. The predicted molar refractivity (Wildman–Crippen MR) is 112 cm³/mol. The van der Waals surface area contributed by atoms with Gasteiger partial charge in [0.05, 0.1) is 0 Å². The molecule has 156 valence electrons. The van der Waals surface area contributed by atoms with Gasteiger partial charge in [-0.2, -0.15) is 0 Å². The highest BCUT2D eigenvalue weighted by Gasteiger charge is 2.23. The molecule has 0 aliphatic carbocycles. The topological polar surface area (TPSA) is 81.8 Å². The van der Waals surface area contributed by atoms with Gasteiger partial charge in [-0.05, 0) is 48.0 Å². The van der Waals surface area contributed by atoms with Gasteiger partial charge in [-0.25, -0.2) is 9.18 Å². The predicted octanol–water partition coefficient (Wildman–Crippen LogP) is 2.57. The Morgan fingerprint density at radius 3 is 2.10 bits per heavy atom. The van der Waals surface area contributed by atoms with Crippen LogP contribution in [0.15, 0.2) is 54.6 Å². The van der Waals surface area contributed by atoms with E-state index in [1.165, 1.54) is 30.3 Å². The number of hydrogen-bond donors (Lipinski definition) is 2. The highest BCUT2D eigenvalue weighted by Crippen LogP contribution is 2.12. The molecular weight excluding hydrogens is 387 g/mol. The van der Waals surface area contributed by atoms with Crippen LogP contribution in [0.5, 0.6) is 0 Å². The zero-order valence-electron chi connectivity index (χ0n) is 16.6. The molecule has 1 fully saturated rings. The monoisotopic (exact) mass is 410 g/mol. The van der Waals surface area contributed by atoms with Gasteiger partial charge in [-0.1, -0.05) is 12.1 Å². The van der Waals surface area contributed by atoms with Gasteiger partial charge in [-0.3, -0.25) is 9.59 Å². The van der Waals surface area contributed by atoms with Crippen molar-refractivity contribution < 1.29 is 18.8 Å². The number of halogens is 1. The number of carbonyl (C=O) groups is 3. The van der Waals surface area contributed by atoms with Crippen molar-refractivity contribution in [1.29, 1.82) is 0 Å². The normalized spacial score (nSPS) is 13.9. The van der Waals surface area contributed by atoms with E-state index in [2.05, 4.69) is 10.6 Å². The Labute approximate surface area is 174 Å². The average Bonchev–Trinajstić information content (AvgIpc) is 2.79. The third-order valence-corrected chi connectivity index (χ3v) is 4.79. The van der Waals surface area contributed by atoms with E-state index in [1.54, 1.807) is 47.2 Å². The third-order valence-electron chi connectivity index (χ3n) is 4.79. The molecule has 1 saturated heterocycles. The number of amides is 4.